The fraction of sp³-hybridized carbons (Fsp3) is 0.400. The number of para-hydroxylation sites is 1. The number of benzene rings is 2. The van der Waals surface area contributed by atoms with Crippen LogP contribution in [0.25, 0.3) is 0 Å². The molecule has 0 unspecified atom stereocenters. The number of aryl methyl sites for hydroxylation is 2. The molecule has 1 aliphatic rings. The van der Waals surface area contributed by atoms with Crippen LogP contribution < -0.4 is 15.8 Å². The number of nitrogens with one attached hydrogen (secondary N) is 2. The van der Waals surface area contributed by atoms with Crippen molar-refractivity contribution in [2.45, 2.75) is 33.1 Å². The van der Waals surface area contributed by atoms with Crippen LogP contribution in [0.1, 0.15) is 40.7 Å². The van der Waals surface area contributed by atoms with Crippen molar-refractivity contribution in [3.8, 4) is 0 Å². The first-order valence-corrected chi connectivity index (χ1v) is 11.1. The molecular weight excluding hydrogens is 404 g/mol. The molecule has 1 fully saturated rings. The zero-order valence-electron chi connectivity index (χ0n) is 18.9. The molecule has 2 N–H and O–H groups in total. The molecule has 32 heavy (non-hydrogen) atoms. The lowest BCUT2D eigenvalue weighted by Crippen LogP contribution is -2.48. The first kappa shape index (κ1) is 23.5. The number of carbonyl (C=O) groups excluding carboxylic acids is 3. The Hall–Kier alpha value is -3.19. The van der Waals surface area contributed by atoms with Gasteiger partial charge >= 0.3 is 0 Å². The number of nitrogens with zero attached hydrogens (tertiary/aromatic N) is 2. The maximum Gasteiger partial charge on any atom is 0.239 e. The lowest BCUT2D eigenvalue weighted by atomic mass is 10.0. The summed E-state index contributed by atoms with van der Waals surface area (Å²) in [5, 5.41) is 0. The van der Waals surface area contributed by atoms with E-state index in [9.17, 15) is 14.4 Å². The minimum Gasteiger partial charge on any atom is -0.369 e. The predicted molar refractivity (Wildman–Crippen MR) is 125 cm³/mol. The van der Waals surface area contributed by atoms with Crippen LogP contribution in [-0.2, 0) is 9.59 Å². The second-order valence-electron chi connectivity index (χ2n) is 8.23. The minimum absolute atomic E-state index is 0.0352. The van der Waals surface area contributed by atoms with E-state index < -0.39 is 0 Å². The fourth-order valence-electron chi connectivity index (χ4n) is 3.68. The maximum absolute atomic E-state index is 12.3. The van der Waals surface area contributed by atoms with Crippen LogP contribution >= 0.6 is 0 Å². The van der Waals surface area contributed by atoms with Gasteiger partial charge in [-0.05, 0) is 43.2 Å². The second-order valence-corrected chi connectivity index (χ2v) is 8.23. The third kappa shape index (κ3) is 6.92. The van der Waals surface area contributed by atoms with E-state index in [4.69, 9.17) is 0 Å². The van der Waals surface area contributed by atoms with E-state index in [1.165, 1.54) is 5.69 Å². The number of ketones is 1. The van der Waals surface area contributed by atoms with Crippen LogP contribution in [0.3, 0.4) is 0 Å². The van der Waals surface area contributed by atoms with E-state index in [0.29, 0.717) is 18.5 Å². The average Bonchev–Trinajstić information content (AvgIpc) is 2.82. The largest absolute Gasteiger partial charge is 0.369 e. The van der Waals surface area contributed by atoms with E-state index in [-0.39, 0.29) is 30.4 Å². The van der Waals surface area contributed by atoms with Crippen LogP contribution in [-0.4, -0.2) is 55.2 Å². The molecule has 170 valence electrons. The number of Topliss-reactive ketones (excluding diaryl/α,β-unsaturated/α-hetero) is 1. The molecular formula is C25H32N4O3. The summed E-state index contributed by atoms with van der Waals surface area (Å²) in [5.74, 6) is -0.680. The zero-order chi connectivity index (χ0) is 22.9. The van der Waals surface area contributed by atoms with Gasteiger partial charge in [0.05, 0.1) is 0 Å². The molecule has 0 bridgehead atoms. The Morgan fingerprint density at radius 3 is 2.09 bits per heavy atom. The van der Waals surface area contributed by atoms with Gasteiger partial charge in [0, 0.05) is 63.2 Å². The first-order valence-electron chi connectivity index (χ1n) is 11.1. The van der Waals surface area contributed by atoms with E-state index in [0.717, 1.165) is 37.3 Å². The summed E-state index contributed by atoms with van der Waals surface area (Å²) < 4.78 is 0. The number of amides is 2. The molecule has 1 saturated heterocycles. The van der Waals surface area contributed by atoms with Gasteiger partial charge < -0.3 is 4.90 Å². The molecule has 0 spiro atoms. The summed E-state index contributed by atoms with van der Waals surface area (Å²) >= 11 is 0. The van der Waals surface area contributed by atoms with Crippen molar-refractivity contribution in [3.63, 3.8) is 0 Å². The molecule has 7 nitrogen and oxygen atoms in total. The average molecular weight is 437 g/mol. The molecule has 7 heteroatoms. The number of hydrogen-bond acceptors (Lipinski definition) is 5. The van der Waals surface area contributed by atoms with E-state index >= 15 is 0 Å². The molecule has 2 amide bonds. The van der Waals surface area contributed by atoms with Gasteiger partial charge in [0.25, 0.3) is 0 Å². The lowest BCUT2D eigenvalue weighted by Gasteiger charge is -2.36. The van der Waals surface area contributed by atoms with Crippen molar-refractivity contribution in [2.75, 3.05) is 37.6 Å². The Labute approximate surface area is 189 Å². The number of anilines is 1. The molecule has 0 atom stereocenters. The van der Waals surface area contributed by atoms with Crippen LogP contribution in [0.15, 0.2) is 48.5 Å². The number of carbonyl (C=O) groups is 3. The van der Waals surface area contributed by atoms with Gasteiger partial charge in [0.1, 0.15) is 0 Å². The third-order valence-corrected chi connectivity index (χ3v) is 5.90. The molecule has 0 saturated carbocycles. The fourth-order valence-corrected chi connectivity index (χ4v) is 3.68. The maximum atomic E-state index is 12.3. The van der Waals surface area contributed by atoms with E-state index in [1.807, 2.05) is 44.2 Å². The molecule has 0 aliphatic carbocycles. The third-order valence-electron chi connectivity index (χ3n) is 5.90. The van der Waals surface area contributed by atoms with Crippen LogP contribution in [0, 0.1) is 13.8 Å². The minimum atomic E-state index is -0.369. The molecule has 2 aromatic carbocycles. The van der Waals surface area contributed by atoms with Gasteiger partial charge in [-0.2, -0.15) is 0 Å². The summed E-state index contributed by atoms with van der Waals surface area (Å²) in [6.45, 7) is 8.25. The predicted octanol–water partition coefficient (Wildman–Crippen LogP) is 2.63. The Bertz CT molecular complexity index is 937. The monoisotopic (exact) mass is 436 g/mol. The van der Waals surface area contributed by atoms with Gasteiger partial charge in [0.2, 0.25) is 11.8 Å². The smallest absolute Gasteiger partial charge is 0.239 e. The number of piperazine rings is 1. The van der Waals surface area contributed by atoms with Crippen molar-refractivity contribution in [1.82, 2.24) is 15.8 Å². The highest BCUT2D eigenvalue weighted by Gasteiger charge is 2.18. The molecule has 2 aromatic rings. The molecule has 0 radical (unpaired) electrons. The Balaban J connectivity index is 1.30. The number of hydrogen-bond donors (Lipinski definition) is 2. The lowest BCUT2D eigenvalue weighted by molar-refractivity contribution is -0.129. The van der Waals surface area contributed by atoms with Crippen molar-refractivity contribution < 1.29 is 14.4 Å². The molecule has 0 aromatic heterocycles. The molecule has 3 rings (SSSR count). The van der Waals surface area contributed by atoms with Crippen molar-refractivity contribution in [2.24, 2.45) is 0 Å². The first-order chi connectivity index (χ1) is 15.4. The highest BCUT2D eigenvalue weighted by atomic mass is 16.2. The highest BCUT2D eigenvalue weighted by Crippen LogP contribution is 2.15. The van der Waals surface area contributed by atoms with Crippen LogP contribution in [0.5, 0.6) is 0 Å². The van der Waals surface area contributed by atoms with Gasteiger partial charge in [-0.1, -0.05) is 30.3 Å². The van der Waals surface area contributed by atoms with E-state index in [2.05, 4.69) is 32.8 Å². The Morgan fingerprint density at radius 1 is 0.781 bits per heavy atom. The summed E-state index contributed by atoms with van der Waals surface area (Å²) in [7, 11) is 0. The van der Waals surface area contributed by atoms with Crippen LogP contribution in [0.4, 0.5) is 5.69 Å². The van der Waals surface area contributed by atoms with Gasteiger partial charge in [0.15, 0.2) is 5.78 Å². The Morgan fingerprint density at radius 2 is 1.44 bits per heavy atom. The summed E-state index contributed by atoms with van der Waals surface area (Å²) in [6, 6.07) is 15.9. The van der Waals surface area contributed by atoms with Crippen molar-refractivity contribution in [1.29, 1.82) is 0 Å². The van der Waals surface area contributed by atoms with Gasteiger partial charge in [-0.25, -0.2) is 0 Å². The quantitative estimate of drug-likeness (QED) is 0.491. The van der Waals surface area contributed by atoms with Gasteiger partial charge in [-0.15, -0.1) is 0 Å². The summed E-state index contributed by atoms with van der Waals surface area (Å²) in [6.07, 6.45) is 0.455. The second kappa shape index (κ2) is 11.4. The van der Waals surface area contributed by atoms with Crippen molar-refractivity contribution >= 4 is 23.3 Å². The van der Waals surface area contributed by atoms with Crippen LogP contribution in [0.2, 0.25) is 0 Å². The normalized spacial score (nSPS) is 14.1. The standard InChI is InChI=1S/C25H32N4O3/c1-19-8-9-21(18-20(19)2)23(30)10-11-24(31)26-27-25(32)12-13-28-14-16-29(17-15-28)22-6-4-3-5-7-22/h3-9,18H,10-17H2,1-2H3,(H,26,31)(H,27,32). The topological polar surface area (TPSA) is 81.8 Å². The SMILES string of the molecule is Cc1ccc(C(=O)CCC(=O)NNC(=O)CCN2CCN(c3ccccc3)CC2)cc1C. The highest BCUT2D eigenvalue weighted by molar-refractivity contribution is 5.98. The number of hydrazine groups is 1. The van der Waals surface area contributed by atoms with Gasteiger partial charge in [-0.3, -0.25) is 30.1 Å². The molecule has 1 heterocycles. The summed E-state index contributed by atoms with van der Waals surface area (Å²) in [4.78, 5) is 40.9. The van der Waals surface area contributed by atoms with E-state index in [1.54, 1.807) is 6.07 Å². The zero-order valence-corrected chi connectivity index (χ0v) is 18.9. The Kier molecular flexibility index (Phi) is 8.39. The van der Waals surface area contributed by atoms with Crippen molar-refractivity contribution in [3.05, 3.63) is 65.2 Å². The summed E-state index contributed by atoms with van der Waals surface area (Å²) in [5.41, 5.74) is 8.87. The molecule has 1 aliphatic heterocycles. The number of rotatable bonds is 8.